The van der Waals surface area contributed by atoms with E-state index in [0.717, 1.165) is 4.88 Å². The van der Waals surface area contributed by atoms with Gasteiger partial charge in [-0.3, -0.25) is 9.59 Å². The molecule has 6 nitrogen and oxygen atoms in total. The van der Waals surface area contributed by atoms with E-state index in [2.05, 4.69) is 5.32 Å². The second-order valence-electron chi connectivity index (χ2n) is 4.52. The molecule has 7 heteroatoms. The first-order valence-electron chi connectivity index (χ1n) is 5.93. The first-order chi connectivity index (χ1) is 8.91. The van der Waals surface area contributed by atoms with Crippen molar-refractivity contribution in [1.29, 1.82) is 0 Å². The van der Waals surface area contributed by atoms with Crippen molar-refractivity contribution in [2.45, 2.75) is 18.5 Å². The Morgan fingerprint density at radius 1 is 1.47 bits per heavy atom. The molecule has 0 radical (unpaired) electrons. The predicted octanol–water partition coefficient (Wildman–Crippen LogP) is -0.330. The summed E-state index contributed by atoms with van der Waals surface area (Å²) in [5, 5.41) is 4.74. The zero-order chi connectivity index (χ0) is 14.4. The van der Waals surface area contributed by atoms with Gasteiger partial charge in [0.2, 0.25) is 11.8 Å². The summed E-state index contributed by atoms with van der Waals surface area (Å²) in [6.07, 6.45) is -0.141. The third-order valence-corrected chi connectivity index (χ3v) is 3.70. The molecule has 0 saturated heterocycles. The highest BCUT2D eigenvalue weighted by atomic mass is 32.1. The van der Waals surface area contributed by atoms with Gasteiger partial charge in [-0.2, -0.15) is 0 Å². The number of rotatable bonds is 7. The maximum Gasteiger partial charge on any atom is 0.237 e. The lowest BCUT2D eigenvalue weighted by Crippen LogP contribution is -2.45. The first kappa shape index (κ1) is 15.6. The molecule has 2 atom stereocenters. The molecule has 1 aromatic rings. The van der Waals surface area contributed by atoms with Gasteiger partial charge in [-0.1, -0.05) is 6.07 Å². The largest absolute Gasteiger partial charge is 0.370 e. The van der Waals surface area contributed by atoms with Crippen molar-refractivity contribution >= 4 is 23.2 Å². The van der Waals surface area contributed by atoms with Crippen LogP contribution in [0.1, 0.15) is 17.3 Å². The quantitative estimate of drug-likeness (QED) is 0.638. The second-order valence-corrected chi connectivity index (χ2v) is 5.50. The van der Waals surface area contributed by atoms with Crippen LogP contribution in [0.3, 0.4) is 0 Å². The van der Waals surface area contributed by atoms with Crippen LogP contribution in [0, 0.1) is 0 Å². The molecule has 0 aliphatic carbocycles. The molecule has 2 unspecified atom stereocenters. The van der Waals surface area contributed by atoms with Crippen LogP contribution >= 0.6 is 11.3 Å². The minimum atomic E-state index is -0.886. The average Bonchev–Trinajstić information content (AvgIpc) is 2.81. The van der Waals surface area contributed by atoms with Crippen LogP contribution in [0.15, 0.2) is 17.5 Å². The van der Waals surface area contributed by atoms with Crippen LogP contribution in [0.2, 0.25) is 0 Å². The van der Waals surface area contributed by atoms with E-state index in [4.69, 9.17) is 11.5 Å². The number of hydrogen-bond donors (Lipinski definition) is 3. The Morgan fingerprint density at radius 3 is 2.63 bits per heavy atom. The number of likely N-dealkylation sites (N-methyl/N-ethyl adjacent to an activating group) is 1. The van der Waals surface area contributed by atoms with Crippen molar-refractivity contribution in [3.8, 4) is 0 Å². The minimum absolute atomic E-state index is 0.0877. The first-order valence-corrected chi connectivity index (χ1v) is 6.81. The molecule has 0 bridgehead atoms. The second kappa shape index (κ2) is 7.22. The molecule has 0 aromatic carbocycles. The Labute approximate surface area is 116 Å². The van der Waals surface area contributed by atoms with Crippen molar-refractivity contribution in [2.75, 3.05) is 20.6 Å². The Kier molecular flexibility index (Phi) is 5.94. The number of nitrogens with two attached hydrogens (primary N) is 2. The fourth-order valence-electron chi connectivity index (χ4n) is 1.66. The fraction of sp³-hybridized carbons (Fsp3) is 0.500. The molecule has 0 fully saturated rings. The van der Waals surface area contributed by atoms with Crippen molar-refractivity contribution < 1.29 is 9.59 Å². The summed E-state index contributed by atoms with van der Waals surface area (Å²) < 4.78 is 0. The number of hydrogen-bond acceptors (Lipinski definition) is 5. The van der Waals surface area contributed by atoms with Gasteiger partial charge in [-0.25, -0.2) is 0 Å². The number of thiophene rings is 1. The third kappa shape index (κ3) is 4.98. The summed E-state index contributed by atoms with van der Waals surface area (Å²) in [6.45, 7) is 0.443. The lowest BCUT2D eigenvalue weighted by molar-refractivity contribution is -0.126. The molecular weight excluding hydrogens is 264 g/mol. The normalized spacial score (nSPS) is 14.1. The molecule has 1 heterocycles. The summed E-state index contributed by atoms with van der Waals surface area (Å²) in [7, 11) is 3.89. The average molecular weight is 284 g/mol. The Morgan fingerprint density at radius 2 is 2.16 bits per heavy atom. The molecule has 106 valence electrons. The molecule has 0 spiro atoms. The minimum Gasteiger partial charge on any atom is -0.370 e. The van der Waals surface area contributed by atoms with Crippen molar-refractivity contribution in [3.63, 3.8) is 0 Å². The highest BCUT2D eigenvalue weighted by molar-refractivity contribution is 7.10. The van der Waals surface area contributed by atoms with Gasteiger partial charge < -0.3 is 21.7 Å². The summed E-state index contributed by atoms with van der Waals surface area (Å²) in [4.78, 5) is 25.6. The number of nitrogens with zero attached hydrogens (tertiary/aromatic N) is 1. The lowest BCUT2D eigenvalue weighted by atomic mass is 10.2. The Balaban J connectivity index is 2.53. The highest BCUT2D eigenvalue weighted by Crippen LogP contribution is 2.22. The van der Waals surface area contributed by atoms with Crippen LogP contribution in [-0.2, 0) is 9.59 Å². The summed E-state index contributed by atoms with van der Waals surface area (Å²) in [6, 6.07) is 3.19. The fourth-order valence-corrected chi connectivity index (χ4v) is 2.58. The number of carbonyl (C=O) groups is 2. The summed E-state index contributed by atoms with van der Waals surface area (Å²) in [5.74, 6) is -0.938. The standard InChI is InChI=1S/C12H20N4O2S/c1-16(2)9(10-4-3-5-19-10)7-15-12(18)8(13)6-11(14)17/h3-5,8-9H,6-7,13H2,1-2H3,(H2,14,17)(H,15,18). The molecule has 19 heavy (non-hydrogen) atoms. The van der Waals surface area contributed by atoms with E-state index in [9.17, 15) is 9.59 Å². The van der Waals surface area contributed by atoms with E-state index >= 15 is 0 Å². The van der Waals surface area contributed by atoms with E-state index in [0.29, 0.717) is 6.54 Å². The maximum absolute atomic E-state index is 11.7. The highest BCUT2D eigenvalue weighted by Gasteiger charge is 2.20. The molecule has 2 amide bonds. The van der Waals surface area contributed by atoms with Crippen LogP contribution in [0.5, 0.6) is 0 Å². The molecule has 0 aliphatic rings. The predicted molar refractivity (Wildman–Crippen MR) is 75.5 cm³/mol. The van der Waals surface area contributed by atoms with E-state index in [-0.39, 0.29) is 18.4 Å². The smallest absolute Gasteiger partial charge is 0.237 e. The maximum atomic E-state index is 11.7. The van der Waals surface area contributed by atoms with Crippen molar-refractivity contribution in [3.05, 3.63) is 22.4 Å². The monoisotopic (exact) mass is 284 g/mol. The lowest BCUT2D eigenvalue weighted by Gasteiger charge is -2.24. The van der Waals surface area contributed by atoms with Gasteiger partial charge in [-0.15, -0.1) is 11.3 Å². The Bertz CT molecular complexity index is 419. The third-order valence-electron chi connectivity index (χ3n) is 2.72. The van der Waals surface area contributed by atoms with Gasteiger partial charge in [-0.05, 0) is 25.5 Å². The Hall–Kier alpha value is -1.44. The number of carbonyl (C=O) groups excluding carboxylic acids is 2. The van der Waals surface area contributed by atoms with Gasteiger partial charge in [0.25, 0.3) is 0 Å². The zero-order valence-corrected chi connectivity index (χ0v) is 11.9. The van der Waals surface area contributed by atoms with Crippen molar-refractivity contribution in [2.24, 2.45) is 11.5 Å². The van der Waals surface area contributed by atoms with E-state index in [1.54, 1.807) is 11.3 Å². The molecular formula is C12H20N4O2S. The van der Waals surface area contributed by atoms with Crippen LogP contribution in [0.4, 0.5) is 0 Å². The summed E-state index contributed by atoms with van der Waals surface area (Å²) in [5.41, 5.74) is 10.6. The van der Waals surface area contributed by atoms with E-state index in [1.807, 2.05) is 36.5 Å². The SMILES string of the molecule is CN(C)C(CNC(=O)C(N)CC(N)=O)c1cccs1. The molecule has 0 saturated carbocycles. The van der Waals surface area contributed by atoms with Gasteiger partial charge >= 0.3 is 0 Å². The van der Waals surface area contributed by atoms with Crippen LogP contribution < -0.4 is 16.8 Å². The van der Waals surface area contributed by atoms with Gasteiger partial charge in [0.1, 0.15) is 0 Å². The number of amides is 2. The molecule has 0 aliphatic heterocycles. The molecule has 5 N–H and O–H groups in total. The van der Waals surface area contributed by atoms with Gasteiger partial charge in [0.05, 0.1) is 18.5 Å². The van der Waals surface area contributed by atoms with Crippen LogP contribution in [-0.4, -0.2) is 43.4 Å². The number of nitrogens with one attached hydrogen (secondary N) is 1. The van der Waals surface area contributed by atoms with E-state index < -0.39 is 11.9 Å². The van der Waals surface area contributed by atoms with Crippen molar-refractivity contribution in [1.82, 2.24) is 10.2 Å². The van der Waals surface area contributed by atoms with E-state index in [1.165, 1.54) is 0 Å². The summed E-state index contributed by atoms with van der Waals surface area (Å²) >= 11 is 1.63. The molecule has 1 rings (SSSR count). The zero-order valence-electron chi connectivity index (χ0n) is 11.1. The number of primary amides is 1. The van der Waals surface area contributed by atoms with Gasteiger partial charge in [0.15, 0.2) is 0 Å². The molecule has 1 aromatic heterocycles. The topological polar surface area (TPSA) is 101 Å². The van der Waals surface area contributed by atoms with Crippen LogP contribution in [0.25, 0.3) is 0 Å². The van der Waals surface area contributed by atoms with Gasteiger partial charge in [0, 0.05) is 11.4 Å².